The molecule has 1 atom stereocenters. The van der Waals surface area contributed by atoms with Crippen LogP contribution in [0, 0.1) is 7.14 Å². The average molecular weight is 523 g/mol. The number of methoxy groups -OCH3 is 1. The Hall–Kier alpha value is -0.870. The first-order valence-corrected chi connectivity index (χ1v) is 8.70. The van der Waals surface area contributed by atoms with Crippen molar-refractivity contribution in [3.63, 3.8) is 0 Å². The summed E-state index contributed by atoms with van der Waals surface area (Å²) in [7, 11) is 1.63. The van der Waals surface area contributed by atoms with Crippen molar-refractivity contribution in [2.75, 3.05) is 7.11 Å². The predicted molar refractivity (Wildman–Crippen MR) is 103 cm³/mol. The number of halogens is 2. The Labute approximate surface area is 156 Å². The van der Waals surface area contributed by atoms with E-state index in [2.05, 4.69) is 45.2 Å². The first-order chi connectivity index (χ1) is 10.5. The summed E-state index contributed by atoms with van der Waals surface area (Å²) in [5.74, 6) is 2.33. The summed E-state index contributed by atoms with van der Waals surface area (Å²) in [6.07, 6.45) is 1.29. The third kappa shape index (κ3) is 4.56. The van der Waals surface area contributed by atoms with Gasteiger partial charge in [-0.2, -0.15) is 0 Å². The lowest BCUT2D eigenvalue weighted by Crippen LogP contribution is -2.24. The lowest BCUT2D eigenvalue weighted by atomic mass is 10.1. The maximum atomic E-state index is 10.7. The van der Waals surface area contributed by atoms with E-state index in [0.717, 1.165) is 36.2 Å². The van der Waals surface area contributed by atoms with Gasteiger partial charge >= 0.3 is 0 Å². The Morgan fingerprint density at radius 1 is 1.14 bits per heavy atom. The number of benzene rings is 2. The summed E-state index contributed by atoms with van der Waals surface area (Å²) in [5.41, 5.74) is 6.70. The molecular weight excluding hydrogens is 508 g/mol. The number of carbonyl (C=O) groups is 1. The first-order valence-electron chi connectivity index (χ1n) is 6.54. The fraction of sp³-hybridized carbons (Fsp3) is 0.188. The minimum atomic E-state index is -0.472. The highest BCUT2D eigenvalue weighted by atomic mass is 127. The molecule has 0 radical (unpaired) electrons. The summed E-state index contributed by atoms with van der Waals surface area (Å²) in [6, 6.07) is 10.9. The molecule has 0 unspecified atom stereocenters. The van der Waals surface area contributed by atoms with Gasteiger partial charge in [-0.15, -0.1) is 0 Å². The molecule has 2 aromatic carbocycles. The molecular formula is C16H15I2NO3. The molecule has 116 valence electrons. The van der Waals surface area contributed by atoms with E-state index >= 15 is 0 Å². The molecule has 0 saturated carbocycles. The van der Waals surface area contributed by atoms with Crippen LogP contribution in [0.4, 0.5) is 0 Å². The third-order valence-corrected chi connectivity index (χ3v) is 4.59. The van der Waals surface area contributed by atoms with Crippen molar-refractivity contribution in [1.29, 1.82) is 0 Å². The quantitative estimate of drug-likeness (QED) is 0.463. The van der Waals surface area contributed by atoms with Gasteiger partial charge in [-0.05, 0) is 93.6 Å². The molecule has 0 saturated heterocycles. The fourth-order valence-corrected chi connectivity index (χ4v) is 4.03. The lowest BCUT2D eigenvalue weighted by molar-refractivity contribution is -0.108. The van der Waals surface area contributed by atoms with E-state index in [4.69, 9.17) is 15.2 Å². The number of nitrogens with two attached hydrogens (primary N) is 1. The maximum absolute atomic E-state index is 10.7. The second-order valence-electron chi connectivity index (χ2n) is 4.67. The highest BCUT2D eigenvalue weighted by Gasteiger charge is 2.12. The molecule has 0 spiro atoms. The Bertz CT molecular complexity index is 636. The molecule has 0 aliphatic rings. The van der Waals surface area contributed by atoms with Gasteiger partial charge in [-0.3, -0.25) is 0 Å². The fourth-order valence-electron chi connectivity index (χ4n) is 1.91. The second kappa shape index (κ2) is 8.11. The smallest absolute Gasteiger partial charge is 0.154 e. The number of rotatable bonds is 6. The molecule has 2 aromatic rings. The van der Waals surface area contributed by atoms with Crippen molar-refractivity contribution < 1.29 is 14.3 Å². The van der Waals surface area contributed by atoms with Crippen LogP contribution in [-0.4, -0.2) is 19.4 Å². The highest BCUT2D eigenvalue weighted by Crippen LogP contribution is 2.33. The highest BCUT2D eigenvalue weighted by molar-refractivity contribution is 14.1. The van der Waals surface area contributed by atoms with Crippen molar-refractivity contribution in [2.45, 2.75) is 12.5 Å². The predicted octanol–water partition coefficient (Wildman–Crippen LogP) is 3.77. The second-order valence-corrected chi connectivity index (χ2v) is 6.99. The van der Waals surface area contributed by atoms with Crippen LogP contribution in [0.2, 0.25) is 0 Å². The van der Waals surface area contributed by atoms with Gasteiger partial charge in [0.15, 0.2) is 5.75 Å². The molecule has 0 bridgehead atoms. The van der Waals surface area contributed by atoms with Crippen LogP contribution in [-0.2, 0) is 11.2 Å². The molecule has 2 rings (SSSR count). The number of hydrogen-bond acceptors (Lipinski definition) is 4. The Balaban J connectivity index is 2.21. The number of hydrogen-bond donors (Lipinski definition) is 1. The van der Waals surface area contributed by atoms with Gasteiger partial charge < -0.3 is 20.0 Å². The van der Waals surface area contributed by atoms with Crippen LogP contribution in [0.25, 0.3) is 0 Å². The van der Waals surface area contributed by atoms with Crippen molar-refractivity contribution >= 4 is 51.5 Å². The van der Waals surface area contributed by atoms with Crippen LogP contribution in [0.1, 0.15) is 5.56 Å². The van der Waals surface area contributed by atoms with Crippen molar-refractivity contribution in [2.24, 2.45) is 5.73 Å². The van der Waals surface area contributed by atoms with Crippen LogP contribution in [0.3, 0.4) is 0 Å². The van der Waals surface area contributed by atoms with Crippen LogP contribution >= 0.6 is 45.2 Å². The normalized spacial score (nSPS) is 11.8. The SMILES string of the molecule is COc1ccc(Oc2c(I)cc(C[C@H](N)C=O)cc2I)cc1. The topological polar surface area (TPSA) is 61.6 Å². The summed E-state index contributed by atoms with van der Waals surface area (Å²) in [4.78, 5) is 10.7. The van der Waals surface area contributed by atoms with Crippen molar-refractivity contribution in [3.8, 4) is 17.2 Å². The van der Waals surface area contributed by atoms with Crippen LogP contribution < -0.4 is 15.2 Å². The molecule has 0 aliphatic heterocycles. The molecule has 22 heavy (non-hydrogen) atoms. The zero-order valence-electron chi connectivity index (χ0n) is 11.9. The molecule has 6 heteroatoms. The van der Waals surface area contributed by atoms with E-state index in [1.165, 1.54) is 0 Å². The van der Waals surface area contributed by atoms with E-state index in [1.807, 2.05) is 36.4 Å². The molecule has 0 amide bonds. The lowest BCUT2D eigenvalue weighted by Gasteiger charge is -2.13. The number of aldehydes is 1. The van der Waals surface area contributed by atoms with Crippen LogP contribution in [0.5, 0.6) is 17.2 Å². The number of carbonyl (C=O) groups excluding carboxylic acids is 1. The standard InChI is InChI=1S/C16H15I2NO3/c1-21-12-2-4-13(5-3-12)22-16-14(17)7-10(8-15(16)18)6-11(19)9-20/h2-5,7-9,11H,6,19H2,1H3/t11-/m0/s1. The zero-order valence-corrected chi connectivity index (χ0v) is 16.2. The summed E-state index contributed by atoms with van der Waals surface area (Å²) >= 11 is 4.46. The molecule has 0 aromatic heterocycles. The van der Waals surface area contributed by atoms with E-state index in [1.54, 1.807) is 7.11 Å². The summed E-state index contributed by atoms with van der Waals surface area (Å²) < 4.78 is 13.0. The van der Waals surface area contributed by atoms with E-state index in [9.17, 15) is 4.79 Å². The van der Waals surface area contributed by atoms with Gasteiger partial charge in [0.05, 0.1) is 20.3 Å². The van der Waals surface area contributed by atoms with Gasteiger partial charge in [-0.25, -0.2) is 0 Å². The Morgan fingerprint density at radius 3 is 2.18 bits per heavy atom. The third-order valence-electron chi connectivity index (χ3n) is 2.98. The van der Waals surface area contributed by atoms with Gasteiger partial charge in [0, 0.05) is 0 Å². The van der Waals surface area contributed by atoms with Gasteiger partial charge in [-0.1, -0.05) is 0 Å². The van der Waals surface area contributed by atoms with Gasteiger partial charge in [0.25, 0.3) is 0 Å². The number of ether oxygens (including phenoxy) is 2. The monoisotopic (exact) mass is 523 g/mol. The minimum absolute atomic E-state index is 0.472. The zero-order chi connectivity index (χ0) is 16.1. The summed E-state index contributed by atoms with van der Waals surface area (Å²) in [6.45, 7) is 0. The van der Waals surface area contributed by atoms with Crippen LogP contribution in [0.15, 0.2) is 36.4 Å². The molecule has 0 heterocycles. The van der Waals surface area contributed by atoms with E-state index in [0.29, 0.717) is 6.42 Å². The van der Waals surface area contributed by atoms with E-state index in [-0.39, 0.29) is 0 Å². The van der Waals surface area contributed by atoms with Gasteiger partial charge in [0.1, 0.15) is 17.8 Å². The largest absolute Gasteiger partial charge is 0.497 e. The molecule has 4 nitrogen and oxygen atoms in total. The minimum Gasteiger partial charge on any atom is -0.497 e. The summed E-state index contributed by atoms with van der Waals surface area (Å²) in [5, 5.41) is 0. The van der Waals surface area contributed by atoms with E-state index < -0.39 is 6.04 Å². The maximum Gasteiger partial charge on any atom is 0.154 e. The average Bonchev–Trinajstić information content (AvgIpc) is 2.51. The molecule has 2 N–H and O–H groups in total. The molecule has 0 fully saturated rings. The Morgan fingerprint density at radius 2 is 1.68 bits per heavy atom. The first kappa shape index (κ1) is 17.5. The Kier molecular flexibility index (Phi) is 6.45. The van der Waals surface area contributed by atoms with Crippen molar-refractivity contribution in [1.82, 2.24) is 0 Å². The molecule has 0 aliphatic carbocycles. The van der Waals surface area contributed by atoms with Crippen molar-refractivity contribution in [3.05, 3.63) is 49.1 Å². The van der Waals surface area contributed by atoms with Gasteiger partial charge in [0.2, 0.25) is 0 Å².